The standard InChI is InChI=1S/C12H22N2O3S/c1-17-7-6-14-9-10(3-4-11(14)15)12(16)13-5-8-18-2/h10H,3-9H2,1-2H3,(H,13,16)/t10-/m0/s1. The molecule has 0 aliphatic carbocycles. The molecule has 0 aromatic carbocycles. The molecule has 1 aliphatic rings. The predicted octanol–water partition coefficient (Wildman–Crippen LogP) is 0.351. The van der Waals surface area contributed by atoms with Crippen LogP contribution in [0.5, 0.6) is 0 Å². The van der Waals surface area contributed by atoms with Crippen molar-refractivity contribution < 1.29 is 14.3 Å². The Morgan fingerprint density at radius 2 is 2.39 bits per heavy atom. The number of methoxy groups -OCH3 is 1. The summed E-state index contributed by atoms with van der Waals surface area (Å²) >= 11 is 1.71. The molecule has 104 valence electrons. The van der Waals surface area contributed by atoms with Crippen LogP contribution in [0.4, 0.5) is 0 Å². The van der Waals surface area contributed by atoms with Crippen molar-refractivity contribution in [2.45, 2.75) is 12.8 Å². The Morgan fingerprint density at radius 3 is 3.06 bits per heavy atom. The topological polar surface area (TPSA) is 58.6 Å². The molecule has 0 saturated carbocycles. The molecule has 0 spiro atoms. The maximum absolute atomic E-state index is 11.9. The van der Waals surface area contributed by atoms with E-state index in [1.165, 1.54) is 0 Å². The van der Waals surface area contributed by atoms with Crippen LogP contribution in [-0.2, 0) is 14.3 Å². The molecule has 1 aliphatic heterocycles. The molecule has 0 aromatic heterocycles. The molecule has 6 heteroatoms. The fourth-order valence-corrected chi connectivity index (χ4v) is 2.27. The van der Waals surface area contributed by atoms with Crippen LogP contribution in [0.3, 0.4) is 0 Å². The first-order chi connectivity index (χ1) is 8.69. The van der Waals surface area contributed by atoms with E-state index in [-0.39, 0.29) is 17.7 Å². The van der Waals surface area contributed by atoms with Crippen LogP contribution in [0.2, 0.25) is 0 Å². The molecule has 18 heavy (non-hydrogen) atoms. The molecular weight excluding hydrogens is 252 g/mol. The van der Waals surface area contributed by atoms with Gasteiger partial charge in [-0.3, -0.25) is 9.59 Å². The average molecular weight is 274 g/mol. The summed E-state index contributed by atoms with van der Waals surface area (Å²) in [5.41, 5.74) is 0. The van der Waals surface area contributed by atoms with Gasteiger partial charge in [0.25, 0.3) is 0 Å². The van der Waals surface area contributed by atoms with Crippen LogP contribution >= 0.6 is 11.8 Å². The second-order valence-corrected chi connectivity index (χ2v) is 5.34. The first kappa shape index (κ1) is 15.3. The van der Waals surface area contributed by atoms with Gasteiger partial charge >= 0.3 is 0 Å². The third kappa shape index (κ3) is 4.86. The van der Waals surface area contributed by atoms with E-state index in [1.54, 1.807) is 23.8 Å². The zero-order chi connectivity index (χ0) is 13.4. The van der Waals surface area contributed by atoms with Crippen LogP contribution in [-0.4, -0.2) is 62.1 Å². The van der Waals surface area contributed by atoms with Gasteiger partial charge in [-0.25, -0.2) is 0 Å². The smallest absolute Gasteiger partial charge is 0.224 e. The normalized spacial score (nSPS) is 20.0. The van der Waals surface area contributed by atoms with Crippen molar-refractivity contribution in [2.24, 2.45) is 5.92 Å². The number of amides is 2. The molecule has 1 saturated heterocycles. The van der Waals surface area contributed by atoms with Crippen molar-refractivity contribution in [3.05, 3.63) is 0 Å². The van der Waals surface area contributed by atoms with Gasteiger partial charge in [0.1, 0.15) is 0 Å². The number of nitrogens with one attached hydrogen (secondary N) is 1. The van der Waals surface area contributed by atoms with Crippen molar-refractivity contribution in [3.63, 3.8) is 0 Å². The Morgan fingerprint density at radius 1 is 1.61 bits per heavy atom. The van der Waals surface area contributed by atoms with Crippen LogP contribution < -0.4 is 5.32 Å². The second-order valence-electron chi connectivity index (χ2n) is 4.35. The number of nitrogens with zero attached hydrogens (tertiary/aromatic N) is 1. The fourth-order valence-electron chi connectivity index (χ4n) is 1.97. The Bertz CT molecular complexity index is 286. The van der Waals surface area contributed by atoms with Crippen LogP contribution in [0.15, 0.2) is 0 Å². The molecule has 1 rings (SSSR count). The van der Waals surface area contributed by atoms with Gasteiger partial charge < -0.3 is 15.0 Å². The third-order valence-corrected chi connectivity index (χ3v) is 3.65. The Hall–Kier alpha value is -0.750. The minimum atomic E-state index is -0.0681. The summed E-state index contributed by atoms with van der Waals surface area (Å²) in [5, 5.41) is 2.92. The highest BCUT2D eigenvalue weighted by molar-refractivity contribution is 7.98. The fraction of sp³-hybridized carbons (Fsp3) is 0.833. The van der Waals surface area contributed by atoms with Gasteiger partial charge in [0.2, 0.25) is 11.8 Å². The highest BCUT2D eigenvalue weighted by Crippen LogP contribution is 2.17. The number of rotatable bonds is 7. The quantitative estimate of drug-likeness (QED) is 0.681. The third-order valence-electron chi connectivity index (χ3n) is 3.04. The summed E-state index contributed by atoms with van der Waals surface area (Å²) in [7, 11) is 1.61. The van der Waals surface area contributed by atoms with Gasteiger partial charge in [0, 0.05) is 38.9 Å². The highest BCUT2D eigenvalue weighted by Gasteiger charge is 2.29. The van der Waals surface area contributed by atoms with Gasteiger partial charge in [0.05, 0.1) is 12.5 Å². The lowest BCUT2D eigenvalue weighted by molar-refractivity contribution is -0.138. The molecular formula is C12H22N2O3S. The van der Waals surface area contributed by atoms with E-state index in [4.69, 9.17) is 4.74 Å². The second kappa shape index (κ2) is 8.37. The predicted molar refractivity (Wildman–Crippen MR) is 72.6 cm³/mol. The number of hydrogen-bond donors (Lipinski definition) is 1. The van der Waals surface area contributed by atoms with Crippen molar-refractivity contribution in [1.29, 1.82) is 0 Å². The largest absolute Gasteiger partial charge is 0.383 e. The number of carbonyl (C=O) groups is 2. The first-order valence-corrected chi connectivity index (χ1v) is 7.61. The van der Waals surface area contributed by atoms with Gasteiger partial charge in [0.15, 0.2) is 0 Å². The van der Waals surface area contributed by atoms with E-state index >= 15 is 0 Å². The lowest BCUT2D eigenvalue weighted by atomic mass is 9.96. The van der Waals surface area contributed by atoms with E-state index in [2.05, 4.69) is 5.32 Å². The molecule has 1 heterocycles. The minimum absolute atomic E-state index is 0.0681. The Labute approximate surface area is 113 Å². The van der Waals surface area contributed by atoms with Crippen molar-refractivity contribution in [1.82, 2.24) is 10.2 Å². The van der Waals surface area contributed by atoms with Gasteiger partial charge in [-0.1, -0.05) is 0 Å². The lowest BCUT2D eigenvalue weighted by Crippen LogP contribution is -2.47. The summed E-state index contributed by atoms with van der Waals surface area (Å²) in [5.74, 6) is 1.05. The van der Waals surface area contributed by atoms with Gasteiger partial charge in [-0.05, 0) is 12.7 Å². The van der Waals surface area contributed by atoms with Crippen molar-refractivity contribution in [2.75, 3.05) is 45.4 Å². The summed E-state index contributed by atoms with van der Waals surface area (Å²) in [4.78, 5) is 25.3. The molecule has 5 nitrogen and oxygen atoms in total. The number of ether oxygens (including phenoxy) is 1. The van der Waals surface area contributed by atoms with Crippen LogP contribution in [0.1, 0.15) is 12.8 Å². The van der Waals surface area contributed by atoms with E-state index in [0.717, 1.165) is 5.75 Å². The maximum Gasteiger partial charge on any atom is 0.224 e. The molecule has 0 unspecified atom stereocenters. The first-order valence-electron chi connectivity index (χ1n) is 6.22. The van der Waals surface area contributed by atoms with E-state index < -0.39 is 0 Å². The van der Waals surface area contributed by atoms with E-state index in [9.17, 15) is 9.59 Å². The average Bonchev–Trinajstić information content (AvgIpc) is 2.38. The summed E-state index contributed by atoms with van der Waals surface area (Å²) < 4.78 is 4.97. The molecule has 1 fully saturated rings. The van der Waals surface area contributed by atoms with Gasteiger partial charge in [-0.15, -0.1) is 0 Å². The molecule has 1 atom stereocenters. The number of carbonyl (C=O) groups excluding carboxylic acids is 2. The SMILES string of the molecule is COCCN1C[C@@H](C(=O)NCCSC)CCC1=O. The minimum Gasteiger partial charge on any atom is -0.383 e. The Balaban J connectivity index is 2.38. The van der Waals surface area contributed by atoms with Crippen LogP contribution in [0, 0.1) is 5.92 Å². The van der Waals surface area contributed by atoms with E-state index in [0.29, 0.717) is 39.1 Å². The van der Waals surface area contributed by atoms with Crippen molar-refractivity contribution >= 4 is 23.6 Å². The van der Waals surface area contributed by atoms with Crippen LogP contribution in [0.25, 0.3) is 0 Å². The lowest BCUT2D eigenvalue weighted by Gasteiger charge is -2.31. The number of piperidine rings is 1. The molecule has 1 N–H and O–H groups in total. The monoisotopic (exact) mass is 274 g/mol. The van der Waals surface area contributed by atoms with Crippen molar-refractivity contribution in [3.8, 4) is 0 Å². The zero-order valence-electron chi connectivity index (χ0n) is 11.1. The summed E-state index contributed by atoms with van der Waals surface area (Å²) in [6.45, 7) is 2.31. The summed E-state index contributed by atoms with van der Waals surface area (Å²) in [6, 6.07) is 0. The Kier molecular flexibility index (Phi) is 7.12. The number of likely N-dealkylation sites (tertiary alicyclic amines) is 1. The zero-order valence-corrected chi connectivity index (χ0v) is 11.9. The number of hydrogen-bond acceptors (Lipinski definition) is 4. The maximum atomic E-state index is 11.9. The van der Waals surface area contributed by atoms with E-state index in [1.807, 2.05) is 6.26 Å². The molecule has 0 bridgehead atoms. The molecule has 0 radical (unpaired) electrons. The van der Waals surface area contributed by atoms with Gasteiger partial charge in [-0.2, -0.15) is 11.8 Å². The molecule has 0 aromatic rings. The highest BCUT2D eigenvalue weighted by atomic mass is 32.2. The number of thioether (sulfide) groups is 1. The molecule has 2 amide bonds. The summed E-state index contributed by atoms with van der Waals surface area (Å²) in [6.07, 6.45) is 3.13.